The molecule has 4 atom stereocenters. The highest BCUT2D eigenvalue weighted by Gasteiger charge is 2.45. The van der Waals surface area contributed by atoms with Crippen LogP contribution in [0.1, 0.15) is 32.1 Å². The number of nitrogens with zero attached hydrogens (tertiary/aromatic N) is 4. The minimum Gasteiger partial charge on any atom is -0.354 e. The van der Waals surface area contributed by atoms with Crippen molar-refractivity contribution in [1.82, 2.24) is 30.3 Å². The SMILES string of the molecule is O=C(CCn1cncn1)NC[C@H]1[C@@H]2CNC[C@@H](C2)[C@@H]2CCCCN21. The highest BCUT2D eigenvalue weighted by molar-refractivity contribution is 5.75. The molecule has 0 unspecified atom stereocenters. The van der Waals surface area contributed by atoms with Crippen LogP contribution in [0.4, 0.5) is 0 Å². The van der Waals surface area contributed by atoms with E-state index in [1.54, 1.807) is 11.0 Å². The zero-order valence-corrected chi connectivity index (χ0v) is 14.2. The fourth-order valence-electron chi connectivity index (χ4n) is 4.92. The van der Waals surface area contributed by atoms with Gasteiger partial charge in [-0.05, 0) is 50.7 Å². The van der Waals surface area contributed by atoms with Gasteiger partial charge in [-0.3, -0.25) is 14.4 Å². The van der Waals surface area contributed by atoms with E-state index in [1.807, 2.05) is 0 Å². The molecule has 4 rings (SSSR count). The van der Waals surface area contributed by atoms with Crippen LogP contribution in [0.15, 0.2) is 12.7 Å². The van der Waals surface area contributed by atoms with Gasteiger partial charge in [0, 0.05) is 25.0 Å². The number of piperidine rings is 3. The van der Waals surface area contributed by atoms with Crippen molar-refractivity contribution in [3.05, 3.63) is 12.7 Å². The zero-order chi connectivity index (χ0) is 16.4. The molecule has 2 N–H and O–H groups in total. The average molecular weight is 332 g/mol. The van der Waals surface area contributed by atoms with E-state index < -0.39 is 0 Å². The molecule has 0 aromatic carbocycles. The van der Waals surface area contributed by atoms with Gasteiger partial charge in [0.25, 0.3) is 0 Å². The van der Waals surface area contributed by atoms with E-state index >= 15 is 0 Å². The van der Waals surface area contributed by atoms with Crippen LogP contribution in [0.3, 0.4) is 0 Å². The van der Waals surface area contributed by atoms with Crippen LogP contribution in [0.25, 0.3) is 0 Å². The van der Waals surface area contributed by atoms with E-state index in [-0.39, 0.29) is 5.91 Å². The van der Waals surface area contributed by atoms with Crippen LogP contribution in [-0.4, -0.2) is 63.8 Å². The van der Waals surface area contributed by atoms with Gasteiger partial charge in [0.1, 0.15) is 12.7 Å². The summed E-state index contributed by atoms with van der Waals surface area (Å²) in [5.74, 6) is 1.60. The Morgan fingerprint density at radius 1 is 1.29 bits per heavy atom. The summed E-state index contributed by atoms with van der Waals surface area (Å²) in [6.07, 6.45) is 8.94. The van der Waals surface area contributed by atoms with Gasteiger partial charge in [-0.15, -0.1) is 0 Å². The zero-order valence-electron chi connectivity index (χ0n) is 14.2. The van der Waals surface area contributed by atoms with Crippen LogP contribution in [0, 0.1) is 11.8 Å². The van der Waals surface area contributed by atoms with E-state index in [0.717, 1.165) is 25.0 Å². The first kappa shape index (κ1) is 16.0. The lowest BCUT2D eigenvalue weighted by molar-refractivity contribution is -0.122. The first-order valence-electron chi connectivity index (χ1n) is 9.37. The molecule has 7 heteroatoms. The summed E-state index contributed by atoms with van der Waals surface area (Å²) < 4.78 is 1.70. The number of rotatable bonds is 5. The van der Waals surface area contributed by atoms with Crippen LogP contribution < -0.4 is 10.6 Å². The number of hydrogen-bond donors (Lipinski definition) is 2. The number of hydrogen-bond acceptors (Lipinski definition) is 5. The van der Waals surface area contributed by atoms with Crippen molar-refractivity contribution in [3.8, 4) is 0 Å². The molecule has 2 bridgehead atoms. The summed E-state index contributed by atoms with van der Waals surface area (Å²) in [5.41, 5.74) is 0. The smallest absolute Gasteiger partial charge is 0.221 e. The Hall–Kier alpha value is -1.47. The number of fused-ring (bicyclic) bond motifs is 4. The molecular weight excluding hydrogens is 304 g/mol. The third-order valence-corrected chi connectivity index (χ3v) is 6.07. The molecule has 0 saturated carbocycles. The molecule has 1 aromatic rings. The van der Waals surface area contributed by atoms with Gasteiger partial charge >= 0.3 is 0 Å². The number of carbonyl (C=O) groups excluding carboxylic acids is 1. The van der Waals surface area contributed by atoms with E-state index in [2.05, 4.69) is 25.6 Å². The molecule has 3 aliphatic heterocycles. The highest BCUT2D eigenvalue weighted by atomic mass is 16.1. The molecular formula is C17H28N6O. The summed E-state index contributed by atoms with van der Waals surface area (Å²) >= 11 is 0. The standard InChI is InChI=1S/C17H28N6O/c24-17(4-6-22-12-19-11-21-22)20-10-16-14-7-13(8-18-9-14)15-3-1-2-5-23(15)16/h11-16,18H,1-10H2,(H,20,24)/t13-,14+,15+,16+/m1/s1. The van der Waals surface area contributed by atoms with Gasteiger partial charge in [-0.2, -0.15) is 5.10 Å². The van der Waals surface area contributed by atoms with Crippen LogP contribution in [-0.2, 0) is 11.3 Å². The molecule has 3 fully saturated rings. The Labute approximate surface area is 143 Å². The largest absolute Gasteiger partial charge is 0.354 e. The van der Waals surface area contributed by atoms with Crippen LogP contribution in [0.5, 0.6) is 0 Å². The van der Waals surface area contributed by atoms with Gasteiger partial charge in [-0.25, -0.2) is 4.98 Å². The number of carbonyl (C=O) groups is 1. The monoisotopic (exact) mass is 332 g/mol. The van der Waals surface area contributed by atoms with E-state index in [9.17, 15) is 4.79 Å². The molecule has 3 aliphatic rings. The highest BCUT2D eigenvalue weighted by Crippen LogP contribution is 2.38. The van der Waals surface area contributed by atoms with Crippen molar-refractivity contribution in [2.45, 2.75) is 50.7 Å². The molecule has 1 aromatic heterocycles. The molecule has 0 spiro atoms. The molecule has 7 nitrogen and oxygen atoms in total. The number of amides is 1. The topological polar surface area (TPSA) is 75.1 Å². The summed E-state index contributed by atoms with van der Waals surface area (Å²) in [7, 11) is 0. The normalized spacial score (nSPS) is 33.0. The maximum atomic E-state index is 12.2. The first-order valence-corrected chi connectivity index (χ1v) is 9.37. The minimum atomic E-state index is 0.116. The van der Waals surface area contributed by atoms with Gasteiger partial charge in [0.15, 0.2) is 0 Å². The second-order valence-electron chi connectivity index (χ2n) is 7.50. The van der Waals surface area contributed by atoms with Crippen molar-refractivity contribution in [2.75, 3.05) is 26.2 Å². The molecule has 1 amide bonds. The number of aromatic nitrogens is 3. The van der Waals surface area contributed by atoms with Crippen molar-refractivity contribution in [1.29, 1.82) is 0 Å². The van der Waals surface area contributed by atoms with E-state index in [4.69, 9.17) is 0 Å². The Kier molecular flexibility index (Phi) is 4.80. The first-order chi connectivity index (χ1) is 11.8. The van der Waals surface area contributed by atoms with Crippen LogP contribution >= 0.6 is 0 Å². The van der Waals surface area contributed by atoms with Gasteiger partial charge in [-0.1, -0.05) is 6.42 Å². The fraction of sp³-hybridized carbons (Fsp3) is 0.824. The second-order valence-corrected chi connectivity index (χ2v) is 7.50. The predicted octanol–water partition coefficient (Wildman–Crippen LogP) is 0.247. The van der Waals surface area contributed by atoms with Crippen molar-refractivity contribution in [3.63, 3.8) is 0 Å². The van der Waals surface area contributed by atoms with Crippen molar-refractivity contribution in [2.24, 2.45) is 11.8 Å². The quantitative estimate of drug-likeness (QED) is 0.808. The second kappa shape index (κ2) is 7.19. The summed E-state index contributed by atoms with van der Waals surface area (Å²) in [6.45, 7) is 4.85. The Bertz CT molecular complexity index is 547. The minimum absolute atomic E-state index is 0.116. The fourth-order valence-corrected chi connectivity index (χ4v) is 4.92. The Morgan fingerprint density at radius 2 is 2.21 bits per heavy atom. The molecule has 4 heterocycles. The molecule has 132 valence electrons. The maximum absolute atomic E-state index is 12.2. The maximum Gasteiger partial charge on any atom is 0.221 e. The van der Waals surface area contributed by atoms with E-state index in [0.29, 0.717) is 24.9 Å². The third kappa shape index (κ3) is 3.32. The molecule has 0 radical (unpaired) electrons. The third-order valence-electron chi connectivity index (χ3n) is 6.07. The van der Waals surface area contributed by atoms with Gasteiger partial charge in [0.05, 0.1) is 6.54 Å². The van der Waals surface area contributed by atoms with Gasteiger partial charge < -0.3 is 10.6 Å². The lowest BCUT2D eigenvalue weighted by Gasteiger charge is -2.55. The molecule has 0 aliphatic carbocycles. The predicted molar refractivity (Wildman–Crippen MR) is 90.2 cm³/mol. The van der Waals surface area contributed by atoms with E-state index in [1.165, 1.54) is 45.1 Å². The summed E-state index contributed by atoms with van der Waals surface area (Å²) in [4.78, 5) is 18.8. The Balaban J connectivity index is 1.33. The van der Waals surface area contributed by atoms with Crippen LogP contribution in [0.2, 0.25) is 0 Å². The molecule has 24 heavy (non-hydrogen) atoms. The Morgan fingerprint density at radius 3 is 3.08 bits per heavy atom. The number of nitrogens with one attached hydrogen (secondary N) is 2. The summed E-state index contributed by atoms with van der Waals surface area (Å²) in [5, 5.41) is 10.8. The lowest BCUT2D eigenvalue weighted by atomic mass is 9.73. The van der Waals surface area contributed by atoms with Crippen molar-refractivity contribution >= 4 is 5.91 Å². The average Bonchev–Trinajstić information content (AvgIpc) is 3.14. The lowest BCUT2D eigenvalue weighted by Crippen LogP contribution is -2.65. The molecule has 3 saturated heterocycles. The summed E-state index contributed by atoms with van der Waals surface area (Å²) in [6, 6.07) is 1.22. The number of aryl methyl sites for hydroxylation is 1. The van der Waals surface area contributed by atoms with Crippen molar-refractivity contribution < 1.29 is 4.79 Å². The van der Waals surface area contributed by atoms with Gasteiger partial charge in [0.2, 0.25) is 5.91 Å².